The maximum atomic E-state index is 12.6. The van der Waals surface area contributed by atoms with Gasteiger partial charge in [0.05, 0.1) is 5.75 Å². The summed E-state index contributed by atoms with van der Waals surface area (Å²) >= 11 is 0. The van der Waals surface area contributed by atoms with Crippen molar-refractivity contribution in [3.63, 3.8) is 0 Å². The largest absolute Gasteiger partial charge is 0.443 e. The molecule has 3 N–H and O–H groups in total. The number of carbonyl (C=O) groups excluding carboxylic acids is 1. The first-order valence-electron chi connectivity index (χ1n) is 9.31. The SMILES string of the molecule is CCCS(=O)(=O)N(CCC(C)C)C[C@@H](O)[C@H](Cc1ccccc1)OC(N)=O. The lowest BCUT2D eigenvalue weighted by molar-refractivity contribution is -0.00138. The standard InChI is InChI=1S/C19H32N2O5S/c1-4-12-27(24,25)21(11-10-15(2)3)14-17(22)18(26-19(20)23)13-16-8-6-5-7-9-16/h5-9,15,17-18,22H,4,10-14H2,1-3H3,(H2,20,23)/t17-,18+/m1/s1. The number of nitrogens with two attached hydrogens (primary N) is 1. The van der Waals surface area contributed by atoms with Gasteiger partial charge in [0.2, 0.25) is 10.0 Å². The predicted molar refractivity (Wildman–Crippen MR) is 106 cm³/mol. The fourth-order valence-corrected chi connectivity index (χ4v) is 4.25. The highest BCUT2D eigenvalue weighted by Crippen LogP contribution is 2.15. The molecule has 0 saturated carbocycles. The minimum Gasteiger partial charge on any atom is -0.443 e. The van der Waals surface area contributed by atoms with Crippen LogP contribution in [0.25, 0.3) is 0 Å². The van der Waals surface area contributed by atoms with E-state index < -0.39 is 28.3 Å². The molecule has 0 aliphatic heterocycles. The topological polar surface area (TPSA) is 110 Å². The van der Waals surface area contributed by atoms with E-state index in [0.717, 1.165) is 5.56 Å². The number of carbonyl (C=O) groups is 1. The molecular formula is C19H32N2O5S. The van der Waals surface area contributed by atoms with Crippen LogP contribution in [0.15, 0.2) is 30.3 Å². The zero-order valence-electron chi connectivity index (χ0n) is 16.4. The summed E-state index contributed by atoms with van der Waals surface area (Å²) in [7, 11) is -3.50. The van der Waals surface area contributed by atoms with Gasteiger partial charge >= 0.3 is 6.09 Å². The Balaban J connectivity index is 2.94. The van der Waals surface area contributed by atoms with Crippen LogP contribution in [0.1, 0.15) is 39.2 Å². The van der Waals surface area contributed by atoms with Crippen molar-refractivity contribution in [2.75, 3.05) is 18.8 Å². The third kappa shape index (κ3) is 8.73. The number of primary amides is 1. The van der Waals surface area contributed by atoms with Crippen molar-refractivity contribution in [1.82, 2.24) is 4.31 Å². The molecule has 0 unspecified atom stereocenters. The molecule has 1 aromatic rings. The summed E-state index contributed by atoms with van der Waals surface area (Å²) < 4.78 is 31.5. The Hall–Kier alpha value is -1.64. The number of rotatable bonds is 12. The highest BCUT2D eigenvalue weighted by molar-refractivity contribution is 7.89. The van der Waals surface area contributed by atoms with Gasteiger partial charge in [-0.05, 0) is 24.3 Å². The molecule has 0 bridgehead atoms. The molecule has 1 aromatic carbocycles. The molecule has 7 nitrogen and oxygen atoms in total. The monoisotopic (exact) mass is 400 g/mol. The number of nitrogens with zero attached hydrogens (tertiary/aromatic N) is 1. The molecule has 0 spiro atoms. The normalized spacial score (nSPS) is 14.3. The van der Waals surface area contributed by atoms with Gasteiger partial charge in [0, 0.05) is 19.5 Å². The van der Waals surface area contributed by atoms with Gasteiger partial charge in [-0.15, -0.1) is 0 Å². The van der Waals surface area contributed by atoms with E-state index >= 15 is 0 Å². The maximum Gasteiger partial charge on any atom is 0.404 e. The van der Waals surface area contributed by atoms with Gasteiger partial charge in [0.15, 0.2) is 0 Å². The Bertz CT molecular complexity index is 664. The molecular weight excluding hydrogens is 368 g/mol. The van der Waals surface area contributed by atoms with Crippen molar-refractivity contribution in [3.8, 4) is 0 Å². The minimum absolute atomic E-state index is 0.0117. The molecule has 0 saturated heterocycles. The summed E-state index contributed by atoms with van der Waals surface area (Å²) in [5.41, 5.74) is 6.00. The maximum absolute atomic E-state index is 12.6. The van der Waals surface area contributed by atoms with Gasteiger partial charge in [-0.1, -0.05) is 51.1 Å². The molecule has 8 heteroatoms. The molecule has 0 radical (unpaired) electrons. The predicted octanol–water partition coefficient (Wildman–Crippen LogP) is 2.14. The van der Waals surface area contributed by atoms with E-state index in [1.54, 1.807) is 6.92 Å². The summed E-state index contributed by atoms with van der Waals surface area (Å²) in [6.07, 6.45) is -1.70. The van der Waals surface area contributed by atoms with E-state index in [-0.39, 0.29) is 18.7 Å². The van der Waals surface area contributed by atoms with Crippen molar-refractivity contribution >= 4 is 16.1 Å². The molecule has 2 atom stereocenters. The van der Waals surface area contributed by atoms with E-state index in [9.17, 15) is 18.3 Å². The number of amides is 1. The zero-order chi connectivity index (χ0) is 20.4. The van der Waals surface area contributed by atoms with Gasteiger partial charge in [-0.25, -0.2) is 13.2 Å². The lowest BCUT2D eigenvalue weighted by Gasteiger charge is -2.29. The summed E-state index contributed by atoms with van der Waals surface area (Å²) in [5, 5.41) is 10.6. The van der Waals surface area contributed by atoms with E-state index in [4.69, 9.17) is 10.5 Å². The van der Waals surface area contributed by atoms with Crippen LogP contribution in [0.2, 0.25) is 0 Å². The van der Waals surface area contributed by atoms with Gasteiger partial charge in [-0.2, -0.15) is 4.31 Å². The quantitative estimate of drug-likeness (QED) is 0.558. The fraction of sp³-hybridized carbons (Fsp3) is 0.632. The first kappa shape index (κ1) is 23.4. The van der Waals surface area contributed by atoms with E-state index in [2.05, 4.69) is 0 Å². The summed E-state index contributed by atoms with van der Waals surface area (Å²) in [5.74, 6) is 0.334. The molecule has 0 heterocycles. The van der Waals surface area contributed by atoms with Gasteiger partial charge in [0.25, 0.3) is 0 Å². The second-order valence-corrected chi connectivity index (χ2v) is 9.18. The van der Waals surface area contributed by atoms with Crippen molar-refractivity contribution in [1.29, 1.82) is 0 Å². The molecule has 27 heavy (non-hydrogen) atoms. The molecule has 1 amide bonds. The Morgan fingerprint density at radius 1 is 1.26 bits per heavy atom. The fourth-order valence-electron chi connectivity index (χ4n) is 2.71. The molecule has 0 aliphatic rings. The van der Waals surface area contributed by atoms with Crippen molar-refractivity contribution < 1.29 is 23.1 Å². The minimum atomic E-state index is -3.50. The van der Waals surface area contributed by atoms with Crippen LogP contribution in [0.3, 0.4) is 0 Å². The van der Waals surface area contributed by atoms with Crippen LogP contribution in [0, 0.1) is 5.92 Å². The number of benzene rings is 1. The van der Waals surface area contributed by atoms with Crippen molar-refractivity contribution in [2.45, 2.75) is 52.2 Å². The van der Waals surface area contributed by atoms with E-state index in [1.165, 1.54) is 4.31 Å². The average Bonchev–Trinajstić information content (AvgIpc) is 2.58. The first-order valence-corrected chi connectivity index (χ1v) is 10.9. The lowest BCUT2D eigenvalue weighted by Crippen LogP contribution is -2.46. The number of aliphatic hydroxyl groups excluding tert-OH is 1. The molecule has 0 fully saturated rings. The second kappa shape index (κ2) is 11.3. The third-order valence-electron chi connectivity index (χ3n) is 4.18. The van der Waals surface area contributed by atoms with E-state index in [0.29, 0.717) is 25.3 Å². The summed E-state index contributed by atoms with van der Waals surface area (Å²) in [6, 6.07) is 9.21. The first-order chi connectivity index (χ1) is 12.7. The van der Waals surface area contributed by atoms with Crippen molar-refractivity contribution in [2.24, 2.45) is 11.7 Å². The van der Waals surface area contributed by atoms with E-state index in [1.807, 2.05) is 44.2 Å². The van der Waals surface area contributed by atoms with Crippen LogP contribution in [0.4, 0.5) is 4.79 Å². The highest BCUT2D eigenvalue weighted by Gasteiger charge is 2.30. The number of hydrogen-bond acceptors (Lipinski definition) is 5. The Morgan fingerprint density at radius 2 is 1.89 bits per heavy atom. The van der Waals surface area contributed by atoms with Crippen LogP contribution in [0.5, 0.6) is 0 Å². The van der Waals surface area contributed by atoms with Gasteiger partial charge < -0.3 is 15.6 Å². The molecule has 154 valence electrons. The smallest absolute Gasteiger partial charge is 0.404 e. The number of ether oxygens (including phenoxy) is 1. The highest BCUT2D eigenvalue weighted by atomic mass is 32.2. The molecule has 1 rings (SSSR count). The van der Waals surface area contributed by atoms with Gasteiger partial charge in [-0.3, -0.25) is 0 Å². The molecule has 0 aromatic heterocycles. The molecule has 0 aliphatic carbocycles. The average molecular weight is 401 g/mol. The number of hydrogen-bond donors (Lipinski definition) is 2. The summed E-state index contributed by atoms with van der Waals surface area (Å²) in [6.45, 7) is 5.99. The van der Waals surface area contributed by atoms with Crippen LogP contribution < -0.4 is 5.73 Å². The van der Waals surface area contributed by atoms with Crippen LogP contribution in [-0.4, -0.2) is 55.0 Å². The van der Waals surface area contributed by atoms with Gasteiger partial charge in [0.1, 0.15) is 12.2 Å². The third-order valence-corrected chi connectivity index (χ3v) is 6.22. The zero-order valence-corrected chi connectivity index (χ0v) is 17.2. The van der Waals surface area contributed by atoms with Crippen molar-refractivity contribution in [3.05, 3.63) is 35.9 Å². The number of sulfonamides is 1. The lowest BCUT2D eigenvalue weighted by atomic mass is 10.0. The van der Waals surface area contributed by atoms with Crippen LogP contribution >= 0.6 is 0 Å². The summed E-state index contributed by atoms with van der Waals surface area (Å²) in [4.78, 5) is 11.3. The Labute approximate surface area is 162 Å². The Kier molecular flexibility index (Phi) is 9.76. The Morgan fingerprint density at radius 3 is 2.41 bits per heavy atom. The second-order valence-electron chi connectivity index (χ2n) is 7.09. The van der Waals surface area contributed by atoms with Crippen LogP contribution in [-0.2, 0) is 21.2 Å². The number of aliphatic hydroxyl groups is 1.